The van der Waals surface area contributed by atoms with Gasteiger partial charge in [-0.15, -0.1) is 0 Å². The Labute approximate surface area is 140 Å². The number of carbonyl (C=O) groups excluding carboxylic acids is 2. The van der Waals surface area contributed by atoms with Crippen molar-refractivity contribution < 1.29 is 9.59 Å². The van der Waals surface area contributed by atoms with Crippen LogP contribution in [0.5, 0.6) is 0 Å². The Morgan fingerprint density at radius 3 is 2.50 bits per heavy atom. The second-order valence-corrected chi connectivity index (χ2v) is 5.72. The van der Waals surface area contributed by atoms with E-state index in [1.165, 1.54) is 0 Å². The fourth-order valence-corrected chi connectivity index (χ4v) is 2.56. The van der Waals surface area contributed by atoms with E-state index in [1.807, 2.05) is 49.4 Å². The number of amides is 1. The zero-order valence-electron chi connectivity index (χ0n) is 13.5. The van der Waals surface area contributed by atoms with Gasteiger partial charge in [0.25, 0.3) is 0 Å². The molecule has 5 heteroatoms. The van der Waals surface area contributed by atoms with Crippen molar-refractivity contribution in [1.29, 1.82) is 0 Å². The lowest BCUT2D eigenvalue weighted by molar-refractivity contribution is -0.121. The van der Waals surface area contributed by atoms with Crippen molar-refractivity contribution in [3.05, 3.63) is 66.0 Å². The zero-order valence-corrected chi connectivity index (χ0v) is 13.5. The molecule has 0 unspecified atom stereocenters. The number of rotatable bonds is 6. The van der Waals surface area contributed by atoms with Crippen LogP contribution in [-0.4, -0.2) is 21.7 Å². The van der Waals surface area contributed by atoms with E-state index in [9.17, 15) is 9.59 Å². The highest BCUT2D eigenvalue weighted by molar-refractivity contribution is 5.97. The standard InChI is InChI=1S/C19H19N3O2/c1-13(19-21-15-9-5-6-10-16(15)22-19)20-18(24)12-11-17(23)14-7-3-2-4-8-14/h2-10,13H,11-12H2,1H3,(H,20,24)(H,21,22)/t13-/m1/s1. The molecule has 0 radical (unpaired) electrons. The molecule has 3 aromatic rings. The van der Waals surface area contributed by atoms with Crippen molar-refractivity contribution in [3.8, 4) is 0 Å². The van der Waals surface area contributed by atoms with E-state index in [0.717, 1.165) is 11.0 Å². The molecule has 0 saturated carbocycles. The first-order chi connectivity index (χ1) is 11.6. The minimum atomic E-state index is -0.239. The number of hydrogen-bond acceptors (Lipinski definition) is 3. The van der Waals surface area contributed by atoms with E-state index in [2.05, 4.69) is 15.3 Å². The minimum Gasteiger partial charge on any atom is -0.346 e. The quantitative estimate of drug-likeness (QED) is 0.683. The van der Waals surface area contributed by atoms with Crippen LogP contribution in [0.2, 0.25) is 0 Å². The van der Waals surface area contributed by atoms with Gasteiger partial charge in [0, 0.05) is 18.4 Å². The van der Waals surface area contributed by atoms with Crippen LogP contribution in [0, 0.1) is 0 Å². The molecule has 2 aromatic carbocycles. The average molecular weight is 321 g/mol. The summed E-state index contributed by atoms with van der Waals surface area (Å²) < 4.78 is 0. The van der Waals surface area contributed by atoms with Gasteiger partial charge in [0.15, 0.2) is 5.78 Å². The maximum Gasteiger partial charge on any atom is 0.221 e. The molecular weight excluding hydrogens is 302 g/mol. The summed E-state index contributed by atoms with van der Waals surface area (Å²) in [6.07, 6.45) is 0.362. The predicted molar refractivity (Wildman–Crippen MR) is 92.7 cm³/mol. The fourth-order valence-electron chi connectivity index (χ4n) is 2.56. The van der Waals surface area contributed by atoms with E-state index in [4.69, 9.17) is 0 Å². The van der Waals surface area contributed by atoms with Gasteiger partial charge in [-0.1, -0.05) is 42.5 Å². The molecule has 1 atom stereocenters. The lowest BCUT2D eigenvalue weighted by Crippen LogP contribution is -2.27. The van der Waals surface area contributed by atoms with Gasteiger partial charge >= 0.3 is 0 Å². The largest absolute Gasteiger partial charge is 0.346 e. The van der Waals surface area contributed by atoms with Crippen LogP contribution in [0.15, 0.2) is 54.6 Å². The summed E-state index contributed by atoms with van der Waals surface area (Å²) in [5.74, 6) is 0.522. The molecule has 2 N–H and O–H groups in total. The molecule has 0 fully saturated rings. The first-order valence-corrected chi connectivity index (χ1v) is 7.96. The second-order valence-electron chi connectivity index (χ2n) is 5.72. The Morgan fingerprint density at radius 2 is 1.75 bits per heavy atom. The fraction of sp³-hybridized carbons (Fsp3) is 0.211. The van der Waals surface area contributed by atoms with Gasteiger partial charge in [-0.25, -0.2) is 4.98 Å². The van der Waals surface area contributed by atoms with Gasteiger partial charge in [-0.05, 0) is 19.1 Å². The molecule has 5 nitrogen and oxygen atoms in total. The van der Waals surface area contributed by atoms with E-state index in [-0.39, 0.29) is 30.6 Å². The number of H-pyrrole nitrogens is 1. The molecule has 0 aliphatic carbocycles. The van der Waals surface area contributed by atoms with Crippen LogP contribution in [0.3, 0.4) is 0 Å². The number of benzene rings is 2. The van der Waals surface area contributed by atoms with Crippen LogP contribution in [0.1, 0.15) is 42.0 Å². The Kier molecular flexibility index (Phi) is 4.70. The third-order valence-corrected chi connectivity index (χ3v) is 3.87. The van der Waals surface area contributed by atoms with E-state index < -0.39 is 0 Å². The molecule has 3 rings (SSSR count). The summed E-state index contributed by atoms with van der Waals surface area (Å²) in [5.41, 5.74) is 2.44. The van der Waals surface area contributed by atoms with Crippen LogP contribution < -0.4 is 5.32 Å². The number of imidazole rings is 1. The van der Waals surface area contributed by atoms with Gasteiger partial charge < -0.3 is 10.3 Å². The second kappa shape index (κ2) is 7.08. The monoisotopic (exact) mass is 321 g/mol. The Balaban J connectivity index is 1.55. The maximum atomic E-state index is 12.1. The van der Waals surface area contributed by atoms with Crippen LogP contribution in [0.4, 0.5) is 0 Å². The topological polar surface area (TPSA) is 74.8 Å². The highest BCUT2D eigenvalue weighted by Gasteiger charge is 2.15. The first kappa shape index (κ1) is 15.9. The van der Waals surface area contributed by atoms with Crippen molar-refractivity contribution in [1.82, 2.24) is 15.3 Å². The van der Waals surface area contributed by atoms with Crippen molar-refractivity contribution in [2.75, 3.05) is 0 Å². The summed E-state index contributed by atoms with van der Waals surface area (Å²) in [5, 5.41) is 2.88. The SMILES string of the molecule is C[C@@H](NC(=O)CCC(=O)c1ccccc1)c1nc2ccccc2[nH]1. The van der Waals surface area contributed by atoms with Crippen LogP contribution in [0.25, 0.3) is 11.0 Å². The number of ketones is 1. The summed E-state index contributed by atoms with van der Waals surface area (Å²) >= 11 is 0. The number of nitrogens with zero attached hydrogens (tertiary/aromatic N) is 1. The number of para-hydroxylation sites is 2. The first-order valence-electron chi connectivity index (χ1n) is 7.96. The Morgan fingerprint density at radius 1 is 1.04 bits per heavy atom. The molecule has 0 aliphatic heterocycles. The summed E-state index contributed by atoms with van der Waals surface area (Å²) in [6, 6.07) is 16.5. The number of Topliss-reactive ketones (excluding diaryl/α,β-unsaturated/α-hetero) is 1. The summed E-state index contributed by atoms with van der Waals surface area (Å²) in [4.78, 5) is 31.8. The Bertz CT molecular complexity index is 822. The average Bonchev–Trinajstić information content (AvgIpc) is 3.05. The lowest BCUT2D eigenvalue weighted by Gasteiger charge is -2.11. The van der Waals surface area contributed by atoms with Crippen molar-refractivity contribution in [2.24, 2.45) is 0 Å². The molecular formula is C19H19N3O2. The van der Waals surface area contributed by atoms with E-state index >= 15 is 0 Å². The van der Waals surface area contributed by atoms with Gasteiger partial charge in [0.1, 0.15) is 5.82 Å². The van der Waals surface area contributed by atoms with Crippen molar-refractivity contribution in [3.63, 3.8) is 0 Å². The zero-order chi connectivity index (χ0) is 16.9. The van der Waals surface area contributed by atoms with Gasteiger partial charge in [0.2, 0.25) is 5.91 Å². The molecule has 0 bridgehead atoms. The number of hydrogen-bond donors (Lipinski definition) is 2. The van der Waals surface area contributed by atoms with Gasteiger partial charge in [0.05, 0.1) is 17.1 Å². The number of aromatic nitrogens is 2. The normalized spacial score (nSPS) is 12.0. The minimum absolute atomic E-state index is 0.0258. The van der Waals surface area contributed by atoms with Gasteiger partial charge in [-0.2, -0.15) is 0 Å². The molecule has 122 valence electrons. The molecule has 1 heterocycles. The van der Waals surface area contributed by atoms with Crippen molar-refractivity contribution >= 4 is 22.7 Å². The maximum absolute atomic E-state index is 12.1. The number of carbonyl (C=O) groups is 2. The number of nitrogens with one attached hydrogen (secondary N) is 2. The smallest absolute Gasteiger partial charge is 0.221 e. The molecule has 1 amide bonds. The third-order valence-electron chi connectivity index (χ3n) is 3.87. The molecule has 1 aromatic heterocycles. The molecule has 0 saturated heterocycles. The van der Waals surface area contributed by atoms with E-state index in [0.29, 0.717) is 11.4 Å². The number of fused-ring (bicyclic) bond motifs is 1. The van der Waals surface area contributed by atoms with E-state index in [1.54, 1.807) is 12.1 Å². The predicted octanol–water partition coefficient (Wildman–Crippen LogP) is 3.40. The molecule has 0 spiro atoms. The van der Waals surface area contributed by atoms with Crippen molar-refractivity contribution in [2.45, 2.75) is 25.8 Å². The summed E-state index contributed by atoms with van der Waals surface area (Å²) in [6.45, 7) is 1.87. The summed E-state index contributed by atoms with van der Waals surface area (Å²) in [7, 11) is 0. The molecule has 0 aliphatic rings. The highest BCUT2D eigenvalue weighted by Crippen LogP contribution is 2.15. The van der Waals surface area contributed by atoms with Crippen LogP contribution in [-0.2, 0) is 4.79 Å². The third kappa shape index (κ3) is 3.68. The number of aromatic amines is 1. The van der Waals surface area contributed by atoms with Crippen LogP contribution >= 0.6 is 0 Å². The Hall–Kier alpha value is -2.95. The lowest BCUT2D eigenvalue weighted by atomic mass is 10.1. The van der Waals surface area contributed by atoms with Gasteiger partial charge in [-0.3, -0.25) is 9.59 Å². The highest BCUT2D eigenvalue weighted by atomic mass is 16.2. The molecule has 24 heavy (non-hydrogen) atoms.